The Labute approximate surface area is 191 Å². The summed E-state index contributed by atoms with van der Waals surface area (Å²) in [6.45, 7) is 4.37. The standard InChI is InChI=1S/C16H13ClO4.C8H17OP/c1-21-12-9-5-8-11(17)14(12)15(18)13(16(19)20)10-6-3-2-4-7-10;1-3-5-6-8(4-2)7-10-9/h2-9,13H,1H3,(H,19,20);8H,3-7H2,1-2H3. The van der Waals surface area contributed by atoms with E-state index < -0.39 is 17.7 Å². The first kappa shape index (κ1) is 26.8. The Hall–Kier alpha value is -2.23. The maximum absolute atomic E-state index is 12.6. The molecule has 2 atom stereocenters. The van der Waals surface area contributed by atoms with E-state index in [2.05, 4.69) is 13.8 Å². The minimum absolute atomic E-state index is 0.0814. The van der Waals surface area contributed by atoms with E-state index in [0.29, 0.717) is 19.9 Å². The number of hydrogen-bond donors (Lipinski definition) is 1. The van der Waals surface area contributed by atoms with Crippen LogP contribution in [0.3, 0.4) is 0 Å². The molecule has 31 heavy (non-hydrogen) atoms. The molecule has 2 unspecified atom stereocenters. The number of carbonyl (C=O) groups excluding carboxylic acids is 1. The van der Waals surface area contributed by atoms with Crippen LogP contribution >= 0.6 is 20.1 Å². The van der Waals surface area contributed by atoms with E-state index in [-0.39, 0.29) is 16.3 Å². The van der Waals surface area contributed by atoms with Gasteiger partial charge in [0.1, 0.15) is 11.7 Å². The molecule has 1 N–H and O–H groups in total. The first-order valence-electron chi connectivity index (χ1n) is 10.3. The van der Waals surface area contributed by atoms with Crippen molar-refractivity contribution < 1.29 is 24.0 Å². The number of ether oxygens (including phenoxy) is 1. The first-order chi connectivity index (χ1) is 14.9. The zero-order valence-electron chi connectivity index (χ0n) is 18.2. The van der Waals surface area contributed by atoms with Gasteiger partial charge in [-0.15, -0.1) is 0 Å². The second-order valence-electron chi connectivity index (χ2n) is 7.09. The summed E-state index contributed by atoms with van der Waals surface area (Å²) >= 11 is 6.05. The second-order valence-corrected chi connectivity index (χ2v) is 8.12. The summed E-state index contributed by atoms with van der Waals surface area (Å²) in [5, 5.41) is 9.58. The van der Waals surface area contributed by atoms with E-state index in [4.69, 9.17) is 16.3 Å². The van der Waals surface area contributed by atoms with Crippen molar-refractivity contribution in [1.29, 1.82) is 0 Å². The van der Waals surface area contributed by atoms with Crippen molar-refractivity contribution in [3.63, 3.8) is 0 Å². The Kier molecular flexibility index (Phi) is 12.7. The third kappa shape index (κ3) is 8.43. The number of unbranched alkanes of at least 4 members (excludes halogenated alkanes) is 1. The zero-order chi connectivity index (χ0) is 23.2. The lowest BCUT2D eigenvalue weighted by molar-refractivity contribution is -0.137. The Morgan fingerprint density at radius 2 is 1.77 bits per heavy atom. The van der Waals surface area contributed by atoms with Gasteiger partial charge in [-0.25, -0.2) is 0 Å². The quantitative estimate of drug-likeness (QED) is 0.222. The zero-order valence-corrected chi connectivity index (χ0v) is 19.9. The van der Waals surface area contributed by atoms with Crippen molar-refractivity contribution >= 4 is 31.8 Å². The summed E-state index contributed by atoms with van der Waals surface area (Å²) in [4.78, 5) is 24.2. The molecule has 5 nitrogen and oxygen atoms in total. The molecule has 2 rings (SSSR count). The number of Topliss-reactive ketones (excluding diaryl/α,β-unsaturated/α-hetero) is 1. The molecule has 0 aromatic heterocycles. The van der Waals surface area contributed by atoms with Gasteiger partial charge in [0, 0.05) is 6.16 Å². The number of benzene rings is 2. The van der Waals surface area contributed by atoms with E-state index in [0.717, 1.165) is 6.16 Å². The molecule has 0 heterocycles. The molecule has 7 heteroatoms. The Bertz CT molecular complexity index is 841. The summed E-state index contributed by atoms with van der Waals surface area (Å²) in [6.07, 6.45) is 5.83. The van der Waals surface area contributed by atoms with Crippen molar-refractivity contribution in [2.75, 3.05) is 13.3 Å². The van der Waals surface area contributed by atoms with Crippen LogP contribution in [-0.2, 0) is 9.36 Å². The number of rotatable bonds is 11. The maximum Gasteiger partial charge on any atom is 0.318 e. The molecule has 168 valence electrons. The number of carboxylic acid groups (broad SMARTS) is 1. The van der Waals surface area contributed by atoms with Crippen LogP contribution in [0.15, 0.2) is 48.5 Å². The Balaban J connectivity index is 0.000000407. The van der Waals surface area contributed by atoms with Gasteiger partial charge >= 0.3 is 5.97 Å². The number of carboxylic acids is 1. The summed E-state index contributed by atoms with van der Waals surface area (Å²) in [6, 6.07) is 13.0. The predicted octanol–water partition coefficient (Wildman–Crippen LogP) is 6.89. The van der Waals surface area contributed by atoms with Crippen molar-refractivity contribution in [3.8, 4) is 5.75 Å². The highest BCUT2D eigenvalue weighted by Crippen LogP contribution is 2.32. The van der Waals surface area contributed by atoms with Gasteiger partial charge in [-0.2, -0.15) is 0 Å². The third-order valence-corrected chi connectivity index (χ3v) is 5.94. The van der Waals surface area contributed by atoms with E-state index in [1.54, 1.807) is 42.5 Å². The monoisotopic (exact) mass is 464 g/mol. The lowest BCUT2D eigenvalue weighted by Gasteiger charge is -2.15. The maximum atomic E-state index is 12.6. The third-order valence-electron chi connectivity index (χ3n) is 4.96. The van der Waals surface area contributed by atoms with Crippen LogP contribution in [0.1, 0.15) is 61.4 Å². The Morgan fingerprint density at radius 1 is 1.10 bits per heavy atom. The number of hydrogen-bond acceptors (Lipinski definition) is 4. The van der Waals surface area contributed by atoms with Crippen LogP contribution in [-0.4, -0.2) is 30.1 Å². The summed E-state index contributed by atoms with van der Waals surface area (Å²) in [5.41, 5.74) is 0.481. The molecule has 2 aromatic rings. The molecule has 0 aliphatic heterocycles. The van der Waals surface area contributed by atoms with E-state index in [9.17, 15) is 19.3 Å². The molecule has 0 saturated carbocycles. The number of halogens is 1. The van der Waals surface area contributed by atoms with Crippen LogP contribution in [0.4, 0.5) is 0 Å². The van der Waals surface area contributed by atoms with Crippen LogP contribution < -0.4 is 4.74 Å². The van der Waals surface area contributed by atoms with Crippen LogP contribution in [0.5, 0.6) is 5.75 Å². The average molecular weight is 465 g/mol. The molecule has 0 spiro atoms. The van der Waals surface area contributed by atoms with Gasteiger partial charge in [0.25, 0.3) is 0 Å². The molecule has 0 bridgehead atoms. The highest BCUT2D eigenvalue weighted by atomic mass is 35.5. The molecule has 0 aliphatic rings. The van der Waals surface area contributed by atoms with Gasteiger partial charge in [0.2, 0.25) is 0 Å². The summed E-state index contributed by atoms with van der Waals surface area (Å²) in [7, 11) is 1.72. The second kappa shape index (κ2) is 14.7. The number of methoxy groups -OCH3 is 1. The summed E-state index contributed by atoms with van der Waals surface area (Å²) < 4.78 is 15.3. The topological polar surface area (TPSA) is 80.7 Å². The largest absolute Gasteiger partial charge is 0.496 e. The summed E-state index contributed by atoms with van der Waals surface area (Å²) in [5.74, 6) is -2.20. The minimum atomic E-state index is -1.32. The number of carbonyl (C=O) groups is 2. The average Bonchev–Trinajstić information content (AvgIpc) is 2.77. The fraction of sp³-hybridized carbons (Fsp3) is 0.417. The fourth-order valence-corrected chi connectivity index (χ4v) is 4.04. The number of aliphatic carboxylic acids is 1. The van der Waals surface area contributed by atoms with E-state index in [1.807, 2.05) is 0 Å². The lowest BCUT2D eigenvalue weighted by atomic mass is 9.90. The Morgan fingerprint density at radius 3 is 2.29 bits per heavy atom. The molecule has 0 radical (unpaired) electrons. The van der Waals surface area contributed by atoms with Gasteiger partial charge in [0.05, 0.1) is 17.7 Å². The molecule has 0 fully saturated rings. The van der Waals surface area contributed by atoms with Gasteiger partial charge < -0.3 is 9.84 Å². The molecule has 0 saturated heterocycles. The van der Waals surface area contributed by atoms with Gasteiger partial charge in [0.15, 0.2) is 14.2 Å². The van der Waals surface area contributed by atoms with Crippen LogP contribution in [0.2, 0.25) is 5.02 Å². The van der Waals surface area contributed by atoms with Crippen molar-refractivity contribution in [3.05, 3.63) is 64.7 Å². The lowest BCUT2D eigenvalue weighted by Crippen LogP contribution is -2.22. The van der Waals surface area contributed by atoms with Gasteiger partial charge in [-0.1, -0.05) is 81.1 Å². The SMILES string of the molecule is CCCCC(CC)CP=O.COc1cccc(Cl)c1C(=O)C(C(=O)O)c1ccccc1. The highest BCUT2D eigenvalue weighted by Gasteiger charge is 2.32. The van der Waals surface area contributed by atoms with Crippen molar-refractivity contribution in [2.24, 2.45) is 5.92 Å². The van der Waals surface area contributed by atoms with Gasteiger partial charge in [-0.05, 0) is 30.0 Å². The predicted molar refractivity (Wildman–Crippen MR) is 125 cm³/mol. The van der Waals surface area contributed by atoms with Crippen LogP contribution in [0, 0.1) is 5.92 Å². The highest BCUT2D eigenvalue weighted by molar-refractivity contribution is 7.23. The number of ketones is 1. The smallest absolute Gasteiger partial charge is 0.318 e. The molecule has 0 aliphatic carbocycles. The molecule has 0 amide bonds. The fourth-order valence-electron chi connectivity index (χ4n) is 3.13. The van der Waals surface area contributed by atoms with Crippen molar-refractivity contribution in [2.45, 2.75) is 45.4 Å². The molecule has 2 aromatic carbocycles. The van der Waals surface area contributed by atoms with E-state index in [1.165, 1.54) is 38.9 Å². The molecular weight excluding hydrogens is 435 g/mol. The minimum Gasteiger partial charge on any atom is -0.496 e. The van der Waals surface area contributed by atoms with Crippen molar-refractivity contribution in [1.82, 2.24) is 0 Å². The molecular formula is C24H30ClO5P. The van der Waals surface area contributed by atoms with Gasteiger partial charge in [-0.3, -0.25) is 14.2 Å². The van der Waals surface area contributed by atoms with Crippen LogP contribution in [0.25, 0.3) is 0 Å². The van der Waals surface area contributed by atoms with E-state index >= 15 is 0 Å². The normalized spacial score (nSPS) is 12.4. The first-order valence-corrected chi connectivity index (χ1v) is 11.7.